The summed E-state index contributed by atoms with van der Waals surface area (Å²) in [5, 5.41) is 0. The lowest BCUT2D eigenvalue weighted by Crippen LogP contribution is -2.37. The normalized spacial score (nSPS) is 15.2. The predicted octanol–water partition coefficient (Wildman–Crippen LogP) is 2.67. The van der Waals surface area contributed by atoms with E-state index in [4.69, 9.17) is 0 Å². The van der Waals surface area contributed by atoms with Crippen LogP contribution >= 0.6 is 0 Å². The minimum absolute atomic E-state index is 0.0108. The molecule has 0 aliphatic carbocycles. The van der Waals surface area contributed by atoms with Gasteiger partial charge in [0.1, 0.15) is 0 Å². The lowest BCUT2D eigenvalue weighted by molar-refractivity contribution is -0.147. The van der Waals surface area contributed by atoms with Crippen molar-refractivity contribution in [2.75, 3.05) is 13.6 Å². The van der Waals surface area contributed by atoms with Crippen molar-refractivity contribution in [3.8, 4) is 0 Å². The maximum absolute atomic E-state index is 11.9. The van der Waals surface area contributed by atoms with Crippen LogP contribution in [0.25, 0.3) is 0 Å². The molecule has 12 heavy (non-hydrogen) atoms. The largest absolute Gasteiger partial charge is 0.401 e. The summed E-state index contributed by atoms with van der Waals surface area (Å²) in [4.78, 5) is 1.34. The van der Waals surface area contributed by atoms with E-state index in [2.05, 4.69) is 0 Å². The molecule has 1 atom stereocenters. The zero-order chi connectivity index (χ0) is 9.78. The highest BCUT2D eigenvalue weighted by Gasteiger charge is 2.30. The van der Waals surface area contributed by atoms with Gasteiger partial charge in [-0.15, -0.1) is 0 Å². The van der Waals surface area contributed by atoms with Gasteiger partial charge in [0.05, 0.1) is 6.54 Å². The molecule has 0 unspecified atom stereocenters. The molecule has 0 heterocycles. The molecule has 0 aliphatic heterocycles. The van der Waals surface area contributed by atoms with Crippen LogP contribution in [-0.2, 0) is 0 Å². The molecule has 0 radical (unpaired) electrons. The van der Waals surface area contributed by atoms with E-state index in [-0.39, 0.29) is 6.04 Å². The van der Waals surface area contributed by atoms with E-state index < -0.39 is 12.7 Å². The second kappa shape index (κ2) is 4.70. The van der Waals surface area contributed by atoms with Crippen molar-refractivity contribution in [1.82, 2.24) is 4.90 Å². The minimum atomic E-state index is -4.07. The molecule has 0 rings (SSSR count). The van der Waals surface area contributed by atoms with E-state index in [1.165, 1.54) is 11.9 Å². The Bertz CT molecular complexity index is 122. The number of nitrogens with zero attached hydrogens (tertiary/aromatic N) is 1. The third-order valence-electron chi connectivity index (χ3n) is 1.89. The molecule has 0 saturated carbocycles. The monoisotopic (exact) mass is 183 g/mol. The fourth-order valence-corrected chi connectivity index (χ4v) is 1.08. The lowest BCUT2D eigenvalue weighted by atomic mass is 10.2. The zero-order valence-corrected chi connectivity index (χ0v) is 7.78. The Balaban J connectivity index is 3.78. The predicted molar refractivity (Wildman–Crippen MR) is 43.1 cm³/mol. The third kappa shape index (κ3) is 5.41. The summed E-state index contributed by atoms with van der Waals surface area (Å²) >= 11 is 0. The van der Waals surface area contributed by atoms with E-state index in [1.807, 2.05) is 13.8 Å². The molecule has 0 spiro atoms. The number of rotatable bonds is 4. The Morgan fingerprint density at radius 3 is 2.17 bits per heavy atom. The van der Waals surface area contributed by atoms with Crippen LogP contribution in [0.5, 0.6) is 0 Å². The average molecular weight is 183 g/mol. The average Bonchev–Trinajstić information content (AvgIpc) is 1.84. The highest BCUT2D eigenvalue weighted by molar-refractivity contribution is 4.65. The van der Waals surface area contributed by atoms with Gasteiger partial charge < -0.3 is 0 Å². The molecule has 0 bridgehead atoms. The number of hydrogen-bond acceptors (Lipinski definition) is 1. The third-order valence-corrected chi connectivity index (χ3v) is 1.89. The molecule has 0 saturated heterocycles. The fraction of sp³-hybridized carbons (Fsp3) is 1.00. The molecular weight excluding hydrogens is 167 g/mol. The van der Waals surface area contributed by atoms with E-state index >= 15 is 0 Å². The van der Waals surface area contributed by atoms with Gasteiger partial charge in [0.2, 0.25) is 0 Å². The number of alkyl halides is 3. The molecule has 0 amide bonds. The summed E-state index contributed by atoms with van der Waals surface area (Å²) in [7, 11) is 1.51. The van der Waals surface area contributed by atoms with Gasteiger partial charge in [-0.05, 0) is 20.4 Å². The minimum Gasteiger partial charge on any atom is -0.295 e. The summed E-state index contributed by atoms with van der Waals surface area (Å²) in [6.07, 6.45) is -2.34. The van der Waals surface area contributed by atoms with Crippen LogP contribution in [0.3, 0.4) is 0 Å². The van der Waals surface area contributed by atoms with Crippen molar-refractivity contribution in [2.24, 2.45) is 0 Å². The van der Waals surface area contributed by atoms with Crippen LogP contribution in [0.15, 0.2) is 0 Å². The van der Waals surface area contributed by atoms with Crippen LogP contribution in [0.4, 0.5) is 13.2 Å². The van der Waals surface area contributed by atoms with Crippen molar-refractivity contribution >= 4 is 0 Å². The van der Waals surface area contributed by atoms with E-state index in [0.29, 0.717) is 0 Å². The van der Waals surface area contributed by atoms with E-state index in [0.717, 1.165) is 12.8 Å². The molecule has 1 nitrogen and oxygen atoms in total. The molecular formula is C8H16F3N. The topological polar surface area (TPSA) is 3.24 Å². The Labute approximate surface area is 71.6 Å². The van der Waals surface area contributed by atoms with Gasteiger partial charge in [-0.2, -0.15) is 13.2 Å². The summed E-state index contributed by atoms with van der Waals surface area (Å²) in [5.74, 6) is 0. The van der Waals surface area contributed by atoms with Crippen molar-refractivity contribution in [3.63, 3.8) is 0 Å². The maximum Gasteiger partial charge on any atom is 0.401 e. The Morgan fingerprint density at radius 2 is 1.83 bits per heavy atom. The summed E-state index contributed by atoms with van der Waals surface area (Å²) in [6.45, 7) is 2.97. The van der Waals surface area contributed by atoms with Crippen molar-refractivity contribution in [3.05, 3.63) is 0 Å². The van der Waals surface area contributed by atoms with Crippen LogP contribution in [0, 0.1) is 0 Å². The first-order valence-corrected chi connectivity index (χ1v) is 4.13. The van der Waals surface area contributed by atoms with Crippen LogP contribution in [-0.4, -0.2) is 30.7 Å². The van der Waals surface area contributed by atoms with Gasteiger partial charge in [0.25, 0.3) is 0 Å². The van der Waals surface area contributed by atoms with Crippen molar-refractivity contribution < 1.29 is 13.2 Å². The van der Waals surface area contributed by atoms with Crippen LogP contribution < -0.4 is 0 Å². The standard InChI is InChI=1S/C8H16F3N/c1-4-5-7(2)12(3)6-8(9,10)11/h7H,4-6H2,1-3H3/t7-/m1/s1. The Kier molecular flexibility index (Phi) is 4.60. The highest BCUT2D eigenvalue weighted by Crippen LogP contribution is 2.17. The first-order valence-electron chi connectivity index (χ1n) is 4.13. The Morgan fingerprint density at radius 1 is 1.33 bits per heavy atom. The zero-order valence-electron chi connectivity index (χ0n) is 7.78. The van der Waals surface area contributed by atoms with Crippen LogP contribution in [0.1, 0.15) is 26.7 Å². The molecule has 0 aliphatic rings. The second-order valence-corrected chi connectivity index (χ2v) is 3.17. The van der Waals surface area contributed by atoms with Gasteiger partial charge in [0.15, 0.2) is 0 Å². The molecule has 0 fully saturated rings. The molecule has 0 aromatic heterocycles. The molecule has 0 aromatic rings. The van der Waals surface area contributed by atoms with Crippen molar-refractivity contribution in [2.45, 2.75) is 38.9 Å². The summed E-state index contributed by atoms with van der Waals surface area (Å²) < 4.78 is 35.6. The van der Waals surface area contributed by atoms with Crippen molar-refractivity contribution in [1.29, 1.82) is 0 Å². The fourth-order valence-electron chi connectivity index (χ4n) is 1.08. The Hall–Kier alpha value is -0.250. The van der Waals surface area contributed by atoms with E-state index in [1.54, 1.807) is 0 Å². The molecule has 74 valence electrons. The first-order chi connectivity index (χ1) is 5.37. The van der Waals surface area contributed by atoms with Crippen LogP contribution in [0.2, 0.25) is 0 Å². The van der Waals surface area contributed by atoms with Gasteiger partial charge in [-0.25, -0.2) is 0 Å². The smallest absolute Gasteiger partial charge is 0.295 e. The molecule has 4 heteroatoms. The molecule has 0 N–H and O–H groups in total. The lowest BCUT2D eigenvalue weighted by Gasteiger charge is -2.25. The van der Waals surface area contributed by atoms with Gasteiger partial charge in [-0.1, -0.05) is 13.3 Å². The summed E-state index contributed by atoms with van der Waals surface area (Å²) in [6, 6.07) is 0.0108. The summed E-state index contributed by atoms with van der Waals surface area (Å²) in [5.41, 5.74) is 0. The molecule has 0 aromatic carbocycles. The number of halogens is 3. The quantitative estimate of drug-likeness (QED) is 0.647. The first kappa shape index (κ1) is 11.8. The second-order valence-electron chi connectivity index (χ2n) is 3.17. The van der Waals surface area contributed by atoms with Gasteiger partial charge >= 0.3 is 6.18 Å². The van der Waals surface area contributed by atoms with Gasteiger partial charge in [-0.3, -0.25) is 4.90 Å². The highest BCUT2D eigenvalue weighted by atomic mass is 19.4. The van der Waals surface area contributed by atoms with Gasteiger partial charge in [0, 0.05) is 6.04 Å². The number of hydrogen-bond donors (Lipinski definition) is 0. The SMILES string of the molecule is CCC[C@@H](C)N(C)CC(F)(F)F. The maximum atomic E-state index is 11.9. The van der Waals surface area contributed by atoms with E-state index in [9.17, 15) is 13.2 Å².